The van der Waals surface area contributed by atoms with Crippen molar-refractivity contribution in [3.05, 3.63) is 44.1 Å². The molecule has 0 bridgehead atoms. The van der Waals surface area contributed by atoms with Gasteiger partial charge in [0.05, 0.1) is 10.6 Å². The van der Waals surface area contributed by atoms with E-state index in [9.17, 15) is 4.79 Å². The summed E-state index contributed by atoms with van der Waals surface area (Å²) >= 11 is 4.86. The number of carbonyl (C=O) groups is 1. The van der Waals surface area contributed by atoms with Gasteiger partial charge < -0.3 is 4.57 Å². The summed E-state index contributed by atoms with van der Waals surface area (Å²) in [5.41, 5.74) is 1.89. The number of ketones is 1. The second-order valence-electron chi connectivity index (χ2n) is 4.19. The van der Waals surface area contributed by atoms with E-state index >= 15 is 0 Å². The molecule has 19 heavy (non-hydrogen) atoms. The molecule has 1 heterocycles. The van der Waals surface area contributed by atoms with Gasteiger partial charge in [0.2, 0.25) is 0 Å². The quantitative estimate of drug-likeness (QED) is 0.776. The van der Waals surface area contributed by atoms with Crippen LogP contribution in [0.2, 0.25) is 0 Å². The maximum Gasteiger partial charge on any atom is 0.190 e. The lowest BCUT2D eigenvalue weighted by molar-refractivity contribution is 0.102. The molecule has 100 valence electrons. The van der Waals surface area contributed by atoms with E-state index < -0.39 is 0 Å². The van der Waals surface area contributed by atoms with Crippen molar-refractivity contribution in [3.8, 4) is 0 Å². The lowest BCUT2D eigenvalue weighted by Crippen LogP contribution is -2.14. The average molecular weight is 339 g/mol. The molecule has 2 aromatic rings. The lowest BCUT2D eigenvalue weighted by atomic mass is 10.3. The fraction of sp³-hybridized carbons (Fsp3) is 0.286. The Hall–Kier alpha value is -1.20. The van der Waals surface area contributed by atoms with Crippen LogP contribution in [-0.4, -0.2) is 10.4 Å². The zero-order chi connectivity index (χ0) is 14.0. The molecule has 0 saturated carbocycles. The summed E-state index contributed by atoms with van der Waals surface area (Å²) in [5, 5.41) is 0. The zero-order valence-corrected chi connectivity index (χ0v) is 13.5. The fourth-order valence-electron chi connectivity index (χ4n) is 1.89. The minimum atomic E-state index is 0.0990. The Morgan fingerprint density at radius 3 is 2.53 bits per heavy atom. The summed E-state index contributed by atoms with van der Waals surface area (Å²) in [6.07, 6.45) is 0. The second-order valence-corrected chi connectivity index (χ2v) is 6.08. The van der Waals surface area contributed by atoms with E-state index in [1.54, 1.807) is 6.92 Å². The highest BCUT2D eigenvalue weighted by Crippen LogP contribution is 2.18. The molecule has 0 spiro atoms. The first kappa shape index (κ1) is 14.2. The van der Waals surface area contributed by atoms with Crippen molar-refractivity contribution in [3.63, 3.8) is 0 Å². The Bertz CT molecular complexity index is 668. The highest BCUT2D eigenvalue weighted by Gasteiger charge is 2.12. The van der Waals surface area contributed by atoms with E-state index in [4.69, 9.17) is 0 Å². The average Bonchev–Trinajstić information content (AvgIpc) is 2.68. The Labute approximate surface area is 124 Å². The van der Waals surface area contributed by atoms with Crippen LogP contribution in [0.25, 0.3) is 0 Å². The monoisotopic (exact) mass is 338 g/mol. The van der Waals surface area contributed by atoms with Crippen LogP contribution in [0.4, 0.5) is 5.69 Å². The molecule has 0 aliphatic rings. The minimum absolute atomic E-state index is 0.0990. The number of benzene rings is 1. The van der Waals surface area contributed by atoms with Crippen LogP contribution in [0.15, 0.2) is 33.7 Å². The molecule has 1 aromatic carbocycles. The van der Waals surface area contributed by atoms with Gasteiger partial charge in [-0.2, -0.15) is 0 Å². The third kappa shape index (κ3) is 3.04. The molecule has 0 atom stereocenters. The standard InChI is InChI=1S/C14H15BrN2OS/c1-4-17-9(2)13(10(3)18)19-14(17)16-12-7-5-11(15)6-8-12/h5-8H,4H2,1-3H3. The highest BCUT2D eigenvalue weighted by molar-refractivity contribution is 9.10. The SMILES string of the molecule is CCn1c(C)c(C(C)=O)sc1=Nc1ccc(Br)cc1. The number of aromatic nitrogens is 1. The molecule has 2 rings (SSSR count). The van der Waals surface area contributed by atoms with Gasteiger partial charge in [0.1, 0.15) is 0 Å². The summed E-state index contributed by atoms with van der Waals surface area (Å²) in [7, 11) is 0. The molecular formula is C14H15BrN2OS. The molecule has 0 radical (unpaired) electrons. The third-order valence-corrected chi connectivity index (χ3v) is 4.65. The summed E-state index contributed by atoms with van der Waals surface area (Å²) in [6.45, 7) is 6.44. The number of rotatable bonds is 3. The van der Waals surface area contributed by atoms with E-state index in [1.807, 2.05) is 31.2 Å². The molecule has 1 aromatic heterocycles. The second kappa shape index (κ2) is 5.84. The number of hydrogen-bond donors (Lipinski definition) is 0. The third-order valence-electron chi connectivity index (χ3n) is 2.85. The molecule has 0 unspecified atom stereocenters. The zero-order valence-electron chi connectivity index (χ0n) is 11.1. The molecule has 0 aliphatic heterocycles. The molecule has 5 heteroatoms. The summed E-state index contributed by atoms with van der Waals surface area (Å²) < 4.78 is 3.10. The predicted molar refractivity (Wildman–Crippen MR) is 82.1 cm³/mol. The van der Waals surface area contributed by atoms with Crippen molar-refractivity contribution in [2.75, 3.05) is 0 Å². The normalized spacial score (nSPS) is 11.9. The number of hydrogen-bond acceptors (Lipinski definition) is 3. The van der Waals surface area contributed by atoms with E-state index in [0.717, 1.165) is 32.1 Å². The number of thiazole rings is 1. The van der Waals surface area contributed by atoms with Gasteiger partial charge in [-0.15, -0.1) is 0 Å². The van der Waals surface area contributed by atoms with Crippen LogP contribution in [0, 0.1) is 6.92 Å². The smallest absolute Gasteiger partial charge is 0.190 e. The predicted octanol–water partition coefficient (Wildman–Crippen LogP) is 4.08. The van der Waals surface area contributed by atoms with E-state index in [0.29, 0.717) is 0 Å². The molecule has 0 aliphatic carbocycles. The van der Waals surface area contributed by atoms with Crippen molar-refractivity contribution in [1.29, 1.82) is 0 Å². The number of nitrogens with zero attached hydrogens (tertiary/aromatic N) is 2. The van der Waals surface area contributed by atoms with Gasteiger partial charge >= 0.3 is 0 Å². The molecular weight excluding hydrogens is 324 g/mol. The summed E-state index contributed by atoms with van der Waals surface area (Å²) in [6, 6.07) is 7.82. The van der Waals surface area contributed by atoms with Gasteiger partial charge in [0, 0.05) is 23.6 Å². The highest BCUT2D eigenvalue weighted by atomic mass is 79.9. The van der Waals surface area contributed by atoms with Crippen LogP contribution < -0.4 is 4.80 Å². The van der Waals surface area contributed by atoms with E-state index in [2.05, 4.69) is 32.4 Å². The Morgan fingerprint density at radius 1 is 1.37 bits per heavy atom. The van der Waals surface area contributed by atoms with Gasteiger partial charge in [-0.05, 0) is 38.1 Å². The van der Waals surface area contributed by atoms with Crippen LogP contribution >= 0.6 is 27.3 Å². The van der Waals surface area contributed by atoms with Crippen LogP contribution in [-0.2, 0) is 6.54 Å². The first-order valence-electron chi connectivity index (χ1n) is 6.04. The molecule has 0 saturated heterocycles. The van der Waals surface area contributed by atoms with Crippen LogP contribution in [0.1, 0.15) is 29.2 Å². The van der Waals surface area contributed by atoms with Gasteiger partial charge in [-0.1, -0.05) is 27.3 Å². The Morgan fingerprint density at radius 2 is 2.00 bits per heavy atom. The largest absolute Gasteiger partial charge is 0.321 e. The number of Topliss-reactive ketones (excluding diaryl/α,β-unsaturated/α-hetero) is 1. The number of halogens is 1. The number of carbonyl (C=O) groups excluding carboxylic acids is 1. The van der Waals surface area contributed by atoms with Gasteiger partial charge in [-0.3, -0.25) is 4.79 Å². The molecule has 0 N–H and O–H groups in total. The summed E-state index contributed by atoms with van der Waals surface area (Å²) in [5.74, 6) is 0.0990. The minimum Gasteiger partial charge on any atom is -0.321 e. The maximum atomic E-state index is 11.6. The van der Waals surface area contributed by atoms with E-state index in [1.165, 1.54) is 11.3 Å². The first-order chi connectivity index (χ1) is 9.02. The van der Waals surface area contributed by atoms with Gasteiger partial charge in [-0.25, -0.2) is 4.99 Å². The fourth-order valence-corrected chi connectivity index (χ4v) is 3.27. The lowest BCUT2D eigenvalue weighted by Gasteiger charge is -2.01. The topological polar surface area (TPSA) is 34.4 Å². The maximum absolute atomic E-state index is 11.6. The van der Waals surface area contributed by atoms with Gasteiger partial charge in [0.25, 0.3) is 0 Å². The van der Waals surface area contributed by atoms with Crippen LogP contribution in [0.3, 0.4) is 0 Å². The van der Waals surface area contributed by atoms with Crippen molar-refractivity contribution in [2.45, 2.75) is 27.3 Å². The first-order valence-corrected chi connectivity index (χ1v) is 7.65. The molecule has 0 amide bonds. The van der Waals surface area contributed by atoms with Gasteiger partial charge in [0.15, 0.2) is 10.6 Å². The summed E-state index contributed by atoms with van der Waals surface area (Å²) in [4.78, 5) is 17.9. The van der Waals surface area contributed by atoms with Crippen molar-refractivity contribution >= 4 is 38.7 Å². The Kier molecular flexibility index (Phi) is 4.37. The molecule has 3 nitrogen and oxygen atoms in total. The van der Waals surface area contributed by atoms with Crippen molar-refractivity contribution in [1.82, 2.24) is 4.57 Å². The van der Waals surface area contributed by atoms with Crippen molar-refractivity contribution < 1.29 is 4.79 Å². The van der Waals surface area contributed by atoms with Crippen LogP contribution in [0.5, 0.6) is 0 Å². The van der Waals surface area contributed by atoms with Crippen molar-refractivity contribution in [2.24, 2.45) is 4.99 Å². The van der Waals surface area contributed by atoms with E-state index in [-0.39, 0.29) is 5.78 Å². The Balaban J connectivity index is 2.58. The molecule has 0 fully saturated rings.